The van der Waals surface area contributed by atoms with E-state index in [1.54, 1.807) is 30.1 Å². The molecular weight excluding hydrogens is 523 g/mol. The van der Waals surface area contributed by atoms with E-state index in [4.69, 9.17) is 4.74 Å². The molecule has 1 N–H and O–H groups in total. The Morgan fingerprint density at radius 1 is 1.00 bits per heavy atom. The zero-order valence-electron chi connectivity index (χ0n) is 21.6. The lowest BCUT2D eigenvalue weighted by molar-refractivity contribution is 0.0946. The second-order valence-electron chi connectivity index (χ2n) is 8.86. The number of nitrogens with zero attached hydrogens (tertiary/aromatic N) is 3. The molecule has 0 bridgehead atoms. The molecule has 202 valence electrons. The first kappa shape index (κ1) is 30.8. The fourth-order valence-electron chi connectivity index (χ4n) is 4.20. The highest BCUT2D eigenvalue weighted by Gasteiger charge is 2.10. The highest BCUT2D eigenvalue weighted by Crippen LogP contribution is 2.19. The third kappa shape index (κ3) is 8.31. The Balaban J connectivity index is 0.00000253. The first-order valence-corrected chi connectivity index (χ1v) is 12.2. The smallest absolute Gasteiger partial charge is 0.251 e. The molecule has 0 aliphatic rings. The second kappa shape index (κ2) is 15.1. The molecule has 0 unspecified atom stereocenters. The predicted molar refractivity (Wildman–Crippen MR) is 157 cm³/mol. The fourth-order valence-corrected chi connectivity index (χ4v) is 4.20. The summed E-state index contributed by atoms with van der Waals surface area (Å²) in [6, 6.07) is 20.8. The zero-order valence-corrected chi connectivity index (χ0v) is 23.3. The molecule has 2 heterocycles. The third-order valence-corrected chi connectivity index (χ3v) is 6.24. The normalized spacial score (nSPS) is 10.5. The Bertz CT molecular complexity index is 1380. The van der Waals surface area contributed by atoms with Gasteiger partial charge in [0.1, 0.15) is 5.75 Å². The van der Waals surface area contributed by atoms with Crippen LogP contribution in [0.1, 0.15) is 27.9 Å². The fraction of sp³-hybridized carbons (Fsp3) is 0.276. The Labute approximate surface area is 235 Å². The van der Waals surface area contributed by atoms with E-state index in [-0.39, 0.29) is 36.3 Å². The molecular formula is C29H34Cl2N4O3. The van der Waals surface area contributed by atoms with E-state index in [0.29, 0.717) is 18.7 Å². The van der Waals surface area contributed by atoms with E-state index in [0.717, 1.165) is 48.3 Å². The van der Waals surface area contributed by atoms with Crippen molar-refractivity contribution < 1.29 is 9.53 Å². The van der Waals surface area contributed by atoms with Gasteiger partial charge in [0, 0.05) is 62.6 Å². The largest absolute Gasteiger partial charge is 0.494 e. The minimum Gasteiger partial charge on any atom is -0.494 e. The molecule has 0 spiro atoms. The van der Waals surface area contributed by atoms with Gasteiger partial charge in [0.2, 0.25) is 0 Å². The standard InChI is InChI=1S/C29H32N4O3.2ClH/c1-22-6-3-4-7-26(22)29(35)31-16-18-33(21-23-12-14-30-15-13-23)17-5-19-36-25-9-10-27-24(20-25)8-11-28(34)32(27)2;;/h3-4,6-15,20H,5,16-19,21H2,1-2H3,(H,31,35);2*1H. The number of pyridine rings is 2. The van der Waals surface area contributed by atoms with Crippen LogP contribution in [-0.4, -0.2) is 46.6 Å². The lowest BCUT2D eigenvalue weighted by atomic mass is 10.1. The number of fused-ring (bicyclic) bond motifs is 1. The van der Waals surface area contributed by atoms with Crippen molar-refractivity contribution in [1.82, 2.24) is 19.8 Å². The Morgan fingerprint density at radius 2 is 1.76 bits per heavy atom. The van der Waals surface area contributed by atoms with Crippen LogP contribution in [0.25, 0.3) is 10.9 Å². The average molecular weight is 558 g/mol. The molecule has 2 aromatic heterocycles. The van der Waals surface area contributed by atoms with E-state index in [2.05, 4.69) is 15.2 Å². The summed E-state index contributed by atoms with van der Waals surface area (Å²) in [5, 5.41) is 4.02. The van der Waals surface area contributed by atoms with E-state index < -0.39 is 0 Å². The number of rotatable bonds is 11. The molecule has 0 radical (unpaired) electrons. The summed E-state index contributed by atoms with van der Waals surface area (Å²) in [5.74, 6) is 0.737. The summed E-state index contributed by atoms with van der Waals surface area (Å²) in [4.78, 5) is 30.8. The monoisotopic (exact) mass is 556 g/mol. The van der Waals surface area contributed by atoms with E-state index >= 15 is 0 Å². The summed E-state index contributed by atoms with van der Waals surface area (Å²) in [5.41, 5.74) is 3.71. The molecule has 38 heavy (non-hydrogen) atoms. The summed E-state index contributed by atoms with van der Waals surface area (Å²) in [6.07, 6.45) is 4.43. The minimum atomic E-state index is -0.0471. The topological polar surface area (TPSA) is 76.5 Å². The summed E-state index contributed by atoms with van der Waals surface area (Å²) >= 11 is 0. The van der Waals surface area contributed by atoms with Crippen molar-refractivity contribution in [2.24, 2.45) is 7.05 Å². The summed E-state index contributed by atoms with van der Waals surface area (Å²) < 4.78 is 7.64. The lowest BCUT2D eigenvalue weighted by Crippen LogP contribution is -2.35. The number of aryl methyl sites for hydroxylation is 2. The number of amides is 1. The number of hydrogen-bond donors (Lipinski definition) is 1. The number of carbonyl (C=O) groups excluding carboxylic acids is 1. The zero-order chi connectivity index (χ0) is 25.3. The average Bonchev–Trinajstić information content (AvgIpc) is 2.89. The third-order valence-electron chi connectivity index (χ3n) is 6.24. The number of carbonyl (C=O) groups is 1. The number of nitrogens with one attached hydrogen (secondary N) is 1. The number of ether oxygens (including phenoxy) is 1. The van der Waals surface area contributed by atoms with E-state index in [1.165, 1.54) is 5.56 Å². The summed E-state index contributed by atoms with van der Waals surface area (Å²) in [6.45, 7) is 5.39. The molecule has 0 atom stereocenters. The molecule has 0 saturated heterocycles. The van der Waals surface area contributed by atoms with Crippen LogP contribution in [-0.2, 0) is 13.6 Å². The van der Waals surface area contributed by atoms with Crippen LogP contribution in [0.5, 0.6) is 5.75 Å². The van der Waals surface area contributed by atoms with E-state index in [9.17, 15) is 9.59 Å². The molecule has 2 aromatic carbocycles. The molecule has 4 aromatic rings. The maximum absolute atomic E-state index is 12.6. The van der Waals surface area contributed by atoms with Crippen LogP contribution in [0.2, 0.25) is 0 Å². The predicted octanol–water partition coefficient (Wildman–Crippen LogP) is 4.79. The number of hydrogen-bond acceptors (Lipinski definition) is 5. The highest BCUT2D eigenvalue weighted by atomic mass is 35.5. The van der Waals surface area contributed by atoms with Crippen molar-refractivity contribution in [3.05, 3.63) is 106 Å². The van der Waals surface area contributed by atoms with Crippen molar-refractivity contribution >= 4 is 41.6 Å². The van der Waals surface area contributed by atoms with Gasteiger partial charge >= 0.3 is 0 Å². The van der Waals surface area contributed by atoms with Crippen molar-refractivity contribution in [2.75, 3.05) is 26.2 Å². The van der Waals surface area contributed by atoms with Gasteiger partial charge < -0.3 is 14.6 Å². The van der Waals surface area contributed by atoms with E-state index in [1.807, 2.05) is 67.6 Å². The van der Waals surface area contributed by atoms with Gasteiger partial charge in [-0.15, -0.1) is 24.8 Å². The maximum atomic E-state index is 12.6. The molecule has 1 amide bonds. The summed E-state index contributed by atoms with van der Waals surface area (Å²) in [7, 11) is 1.77. The second-order valence-corrected chi connectivity index (χ2v) is 8.86. The van der Waals surface area contributed by atoms with Gasteiger partial charge in [0.25, 0.3) is 11.5 Å². The number of halogens is 2. The van der Waals surface area contributed by atoms with Crippen LogP contribution in [0.15, 0.2) is 83.9 Å². The van der Waals surface area contributed by atoms with Crippen molar-refractivity contribution in [2.45, 2.75) is 19.9 Å². The van der Waals surface area contributed by atoms with Gasteiger partial charge in [0.15, 0.2) is 0 Å². The molecule has 0 aliphatic heterocycles. The van der Waals surface area contributed by atoms with Crippen LogP contribution in [0, 0.1) is 6.92 Å². The Morgan fingerprint density at radius 3 is 2.53 bits per heavy atom. The minimum absolute atomic E-state index is 0. The molecule has 7 nitrogen and oxygen atoms in total. The molecule has 9 heteroatoms. The van der Waals surface area contributed by atoms with Gasteiger partial charge in [-0.1, -0.05) is 18.2 Å². The van der Waals surface area contributed by atoms with Gasteiger partial charge in [0.05, 0.1) is 12.1 Å². The van der Waals surface area contributed by atoms with Crippen molar-refractivity contribution in [1.29, 1.82) is 0 Å². The SMILES string of the molecule is Cc1ccccc1C(=O)NCCN(CCCOc1ccc2c(ccc(=O)n2C)c1)Cc1ccncc1.Cl.Cl. The van der Waals surface area contributed by atoms with Crippen molar-refractivity contribution in [3.8, 4) is 5.75 Å². The van der Waals surface area contributed by atoms with Crippen LogP contribution < -0.4 is 15.6 Å². The Kier molecular flexibility index (Phi) is 12.3. The lowest BCUT2D eigenvalue weighted by Gasteiger charge is -2.23. The number of aromatic nitrogens is 2. The molecule has 0 saturated carbocycles. The van der Waals surface area contributed by atoms with Crippen LogP contribution in [0.4, 0.5) is 0 Å². The van der Waals surface area contributed by atoms with Crippen LogP contribution >= 0.6 is 24.8 Å². The van der Waals surface area contributed by atoms with Crippen molar-refractivity contribution in [3.63, 3.8) is 0 Å². The van der Waals surface area contributed by atoms with Gasteiger partial charge in [-0.3, -0.25) is 19.5 Å². The first-order chi connectivity index (χ1) is 17.5. The molecule has 0 fully saturated rings. The molecule has 4 rings (SSSR count). The first-order valence-electron chi connectivity index (χ1n) is 12.2. The van der Waals surface area contributed by atoms with Gasteiger partial charge in [-0.25, -0.2) is 0 Å². The highest BCUT2D eigenvalue weighted by molar-refractivity contribution is 5.95. The number of benzene rings is 2. The Hall–Kier alpha value is -3.39. The van der Waals surface area contributed by atoms with Gasteiger partial charge in [-0.2, -0.15) is 0 Å². The maximum Gasteiger partial charge on any atom is 0.251 e. The van der Waals surface area contributed by atoms with Gasteiger partial charge in [-0.05, 0) is 66.9 Å². The molecule has 0 aliphatic carbocycles. The quantitative estimate of drug-likeness (QED) is 0.269. The van der Waals surface area contributed by atoms with Crippen LogP contribution in [0.3, 0.4) is 0 Å².